The molecule has 1 aliphatic rings. The Kier molecular flexibility index (Phi) is 7.23. The predicted octanol–water partition coefficient (Wildman–Crippen LogP) is 3.94. The minimum absolute atomic E-state index is 0.403. The van der Waals surface area contributed by atoms with Gasteiger partial charge in [0.1, 0.15) is 0 Å². The molecule has 1 amide bonds. The van der Waals surface area contributed by atoms with E-state index in [1.165, 1.54) is 40.8 Å². The van der Waals surface area contributed by atoms with Gasteiger partial charge in [-0.1, -0.05) is 55.5 Å². The molecule has 0 radical (unpaired) electrons. The highest BCUT2D eigenvalue weighted by Gasteiger charge is 2.24. The van der Waals surface area contributed by atoms with Crippen LogP contribution in [0.25, 0.3) is 12.2 Å². The molecule has 1 saturated carbocycles. The molecule has 0 unspecified atom stereocenters. The third-order valence-corrected chi connectivity index (χ3v) is 4.36. The van der Waals surface area contributed by atoms with E-state index < -0.39 is 0 Å². The van der Waals surface area contributed by atoms with E-state index in [2.05, 4.69) is 72.7 Å². The Morgan fingerprint density at radius 1 is 1.12 bits per heavy atom. The molecule has 2 aromatic carbocycles. The van der Waals surface area contributed by atoms with E-state index in [0.29, 0.717) is 6.41 Å². The van der Waals surface area contributed by atoms with Gasteiger partial charge in [-0.3, -0.25) is 10.2 Å². The van der Waals surface area contributed by atoms with Gasteiger partial charge in [0.15, 0.2) is 0 Å². The summed E-state index contributed by atoms with van der Waals surface area (Å²) < 4.78 is 0. The lowest BCUT2D eigenvalue weighted by Crippen LogP contribution is -2.18. The molecule has 132 valence electrons. The maximum atomic E-state index is 8.94. The first-order valence-electron chi connectivity index (χ1n) is 8.71. The molecular weight excluding hydrogens is 310 g/mol. The Balaban J connectivity index is 0.000000511. The zero-order valence-electron chi connectivity index (χ0n) is 15.0. The Morgan fingerprint density at radius 3 is 2.44 bits per heavy atom. The SMILES string of the molecule is CCc1cccc(NC)c1/C=C/c1ccccc1C1CC1.NNC=O. The topological polar surface area (TPSA) is 67.2 Å². The van der Waals surface area contributed by atoms with Crippen molar-refractivity contribution < 1.29 is 4.79 Å². The normalized spacial score (nSPS) is 13.1. The summed E-state index contributed by atoms with van der Waals surface area (Å²) in [6, 6.07) is 15.3. The van der Waals surface area contributed by atoms with Gasteiger partial charge in [0.2, 0.25) is 6.41 Å². The fourth-order valence-corrected chi connectivity index (χ4v) is 2.94. The summed E-state index contributed by atoms with van der Waals surface area (Å²) in [6.45, 7) is 2.21. The molecule has 0 spiro atoms. The van der Waals surface area contributed by atoms with E-state index >= 15 is 0 Å². The molecule has 25 heavy (non-hydrogen) atoms. The van der Waals surface area contributed by atoms with Gasteiger partial charge in [-0.05, 0) is 47.9 Å². The maximum absolute atomic E-state index is 8.94. The van der Waals surface area contributed by atoms with Crippen molar-refractivity contribution in [1.29, 1.82) is 0 Å². The molecule has 0 saturated heterocycles. The van der Waals surface area contributed by atoms with Gasteiger partial charge >= 0.3 is 0 Å². The second-order valence-corrected chi connectivity index (χ2v) is 6.00. The number of anilines is 1. The molecule has 4 nitrogen and oxygen atoms in total. The zero-order chi connectivity index (χ0) is 18.1. The number of hydrazine groups is 1. The Bertz CT molecular complexity index is 699. The first-order chi connectivity index (χ1) is 12.2. The lowest BCUT2D eigenvalue weighted by molar-refractivity contribution is -0.109. The van der Waals surface area contributed by atoms with Crippen LogP contribution in [-0.4, -0.2) is 13.5 Å². The molecule has 0 aliphatic heterocycles. The Morgan fingerprint density at radius 2 is 1.84 bits per heavy atom. The smallest absolute Gasteiger partial charge is 0.221 e. The first kappa shape index (κ1) is 18.7. The molecule has 0 aromatic heterocycles. The van der Waals surface area contributed by atoms with Crippen molar-refractivity contribution in [2.24, 2.45) is 5.84 Å². The number of nitrogens with two attached hydrogens (primary N) is 1. The maximum Gasteiger partial charge on any atom is 0.221 e. The van der Waals surface area contributed by atoms with E-state index in [1.807, 2.05) is 7.05 Å². The van der Waals surface area contributed by atoms with Gasteiger partial charge in [-0.2, -0.15) is 0 Å². The number of carbonyl (C=O) groups excluding carboxylic acids is 1. The van der Waals surface area contributed by atoms with Crippen LogP contribution >= 0.6 is 0 Å². The van der Waals surface area contributed by atoms with E-state index in [0.717, 1.165) is 12.3 Å². The minimum atomic E-state index is 0.403. The predicted molar refractivity (Wildman–Crippen MR) is 106 cm³/mol. The van der Waals surface area contributed by atoms with Crippen LogP contribution in [0, 0.1) is 0 Å². The average molecular weight is 337 g/mol. The van der Waals surface area contributed by atoms with Crippen molar-refractivity contribution in [1.82, 2.24) is 5.43 Å². The number of benzene rings is 2. The molecule has 3 rings (SSSR count). The summed E-state index contributed by atoms with van der Waals surface area (Å²) in [7, 11) is 1.99. The summed E-state index contributed by atoms with van der Waals surface area (Å²) in [5, 5.41) is 3.31. The van der Waals surface area contributed by atoms with Crippen molar-refractivity contribution in [2.75, 3.05) is 12.4 Å². The molecule has 4 heteroatoms. The number of carbonyl (C=O) groups is 1. The fraction of sp³-hybridized carbons (Fsp3) is 0.286. The molecule has 1 aliphatic carbocycles. The van der Waals surface area contributed by atoms with E-state index in [4.69, 9.17) is 4.79 Å². The van der Waals surface area contributed by atoms with Crippen LogP contribution < -0.4 is 16.6 Å². The highest BCUT2D eigenvalue weighted by molar-refractivity contribution is 5.79. The second kappa shape index (κ2) is 9.64. The van der Waals surface area contributed by atoms with Crippen molar-refractivity contribution in [3.63, 3.8) is 0 Å². The number of nitrogens with one attached hydrogen (secondary N) is 2. The molecule has 1 fully saturated rings. The van der Waals surface area contributed by atoms with Crippen molar-refractivity contribution in [2.45, 2.75) is 32.1 Å². The van der Waals surface area contributed by atoms with Crippen molar-refractivity contribution in [3.8, 4) is 0 Å². The standard InChI is InChI=1S/C20H23N.CH4N2O/c1-3-15-8-6-10-20(21-2)19(15)14-13-16-7-4-5-9-18(16)17-11-12-17;2-3-1-4/h4-10,13-14,17,21H,3,11-12H2,1-2H3;1H,2H2,(H,3,4)/b14-13+;. The van der Waals surface area contributed by atoms with Crippen LogP contribution in [0.1, 0.15) is 47.9 Å². The monoisotopic (exact) mass is 337 g/mol. The first-order valence-corrected chi connectivity index (χ1v) is 8.71. The molecule has 4 N–H and O–H groups in total. The fourth-order valence-electron chi connectivity index (χ4n) is 2.94. The van der Waals surface area contributed by atoms with Crippen LogP contribution in [0.4, 0.5) is 5.69 Å². The van der Waals surface area contributed by atoms with Gasteiger partial charge in [0.25, 0.3) is 0 Å². The third kappa shape index (κ3) is 5.19. The summed E-state index contributed by atoms with van der Waals surface area (Å²) in [5.41, 5.74) is 8.53. The lowest BCUT2D eigenvalue weighted by Gasteiger charge is -2.10. The number of hydrogen-bond acceptors (Lipinski definition) is 3. The number of rotatable bonds is 6. The molecule has 2 aromatic rings. The molecular formula is C21H27N3O. The molecule has 0 atom stereocenters. The van der Waals surface area contributed by atoms with E-state index in [1.54, 1.807) is 5.43 Å². The van der Waals surface area contributed by atoms with E-state index in [9.17, 15) is 0 Å². The largest absolute Gasteiger partial charge is 0.388 e. The second-order valence-electron chi connectivity index (χ2n) is 6.00. The number of hydrogen-bond donors (Lipinski definition) is 3. The molecule has 0 heterocycles. The molecule has 0 bridgehead atoms. The van der Waals surface area contributed by atoms with Crippen molar-refractivity contribution >= 4 is 24.2 Å². The Hall–Kier alpha value is -2.59. The number of amides is 1. The quantitative estimate of drug-likeness (QED) is 0.246. The van der Waals surface area contributed by atoms with E-state index in [-0.39, 0.29) is 0 Å². The third-order valence-electron chi connectivity index (χ3n) is 4.36. The summed E-state index contributed by atoms with van der Waals surface area (Å²) in [5.74, 6) is 5.20. The number of aryl methyl sites for hydroxylation is 1. The van der Waals surface area contributed by atoms with Gasteiger partial charge in [0, 0.05) is 18.3 Å². The van der Waals surface area contributed by atoms with Gasteiger partial charge < -0.3 is 5.32 Å². The highest BCUT2D eigenvalue weighted by atomic mass is 16.1. The average Bonchev–Trinajstić information content (AvgIpc) is 3.51. The van der Waals surface area contributed by atoms with Crippen molar-refractivity contribution in [3.05, 3.63) is 64.7 Å². The highest BCUT2D eigenvalue weighted by Crippen LogP contribution is 2.42. The zero-order valence-corrected chi connectivity index (χ0v) is 15.0. The van der Waals surface area contributed by atoms with Gasteiger partial charge in [0.05, 0.1) is 0 Å². The van der Waals surface area contributed by atoms with Crippen LogP contribution in [0.5, 0.6) is 0 Å². The van der Waals surface area contributed by atoms with Crippen LogP contribution in [0.15, 0.2) is 42.5 Å². The van der Waals surface area contributed by atoms with Crippen LogP contribution in [-0.2, 0) is 11.2 Å². The van der Waals surface area contributed by atoms with Crippen LogP contribution in [0.2, 0.25) is 0 Å². The summed E-state index contributed by atoms with van der Waals surface area (Å²) in [4.78, 5) is 8.94. The minimum Gasteiger partial charge on any atom is -0.388 e. The Labute approximate surface area is 150 Å². The van der Waals surface area contributed by atoms with Gasteiger partial charge in [-0.25, -0.2) is 5.84 Å². The summed E-state index contributed by atoms with van der Waals surface area (Å²) in [6.07, 6.45) is 8.70. The van der Waals surface area contributed by atoms with Gasteiger partial charge in [-0.15, -0.1) is 0 Å². The van der Waals surface area contributed by atoms with Crippen LogP contribution in [0.3, 0.4) is 0 Å². The lowest BCUT2D eigenvalue weighted by atomic mass is 9.99. The summed E-state index contributed by atoms with van der Waals surface area (Å²) >= 11 is 0.